The Balaban J connectivity index is 1.48. The average molecular weight is 302 g/mol. The molecule has 1 aromatic rings. The SMILES string of the molecule is CC(C)(C)OC(=O)NC1CC12CCN(Cc1ccccc1)C2. The molecular formula is C18H26N2O2. The Hall–Kier alpha value is -1.55. The van der Waals surface area contributed by atoms with Crippen LogP contribution in [0.1, 0.15) is 39.2 Å². The number of hydrogen-bond acceptors (Lipinski definition) is 3. The molecule has 22 heavy (non-hydrogen) atoms. The van der Waals surface area contributed by atoms with Gasteiger partial charge >= 0.3 is 6.09 Å². The van der Waals surface area contributed by atoms with Gasteiger partial charge in [-0.25, -0.2) is 4.79 Å². The molecule has 1 saturated heterocycles. The van der Waals surface area contributed by atoms with E-state index >= 15 is 0 Å². The van der Waals surface area contributed by atoms with Crippen molar-refractivity contribution in [2.75, 3.05) is 13.1 Å². The Bertz CT molecular complexity index is 538. The molecule has 0 bridgehead atoms. The van der Waals surface area contributed by atoms with E-state index < -0.39 is 5.60 Å². The highest BCUT2D eigenvalue weighted by atomic mass is 16.6. The minimum absolute atomic E-state index is 0.281. The van der Waals surface area contributed by atoms with E-state index in [9.17, 15) is 4.79 Å². The van der Waals surface area contributed by atoms with E-state index in [0.29, 0.717) is 0 Å². The number of alkyl carbamates (subject to hydrolysis) is 1. The van der Waals surface area contributed by atoms with Crippen molar-refractivity contribution in [3.8, 4) is 0 Å². The van der Waals surface area contributed by atoms with Crippen LogP contribution in [0.4, 0.5) is 4.79 Å². The number of hydrogen-bond donors (Lipinski definition) is 1. The second-order valence-electron chi connectivity index (χ2n) is 7.71. The van der Waals surface area contributed by atoms with E-state index in [2.05, 4.69) is 40.5 Å². The molecule has 1 aliphatic carbocycles. The topological polar surface area (TPSA) is 41.6 Å². The minimum Gasteiger partial charge on any atom is -0.444 e. The van der Waals surface area contributed by atoms with Crippen LogP contribution in [0.5, 0.6) is 0 Å². The highest BCUT2D eigenvalue weighted by molar-refractivity contribution is 5.69. The van der Waals surface area contributed by atoms with Gasteiger partial charge in [0, 0.05) is 24.5 Å². The van der Waals surface area contributed by atoms with Crippen molar-refractivity contribution in [1.29, 1.82) is 0 Å². The molecule has 1 heterocycles. The smallest absolute Gasteiger partial charge is 0.407 e. The molecule has 0 aromatic heterocycles. The maximum atomic E-state index is 11.9. The van der Waals surface area contributed by atoms with Crippen LogP contribution in [0.2, 0.25) is 0 Å². The third-order valence-corrected chi connectivity index (χ3v) is 4.59. The summed E-state index contributed by atoms with van der Waals surface area (Å²) in [5.41, 5.74) is 1.21. The fourth-order valence-electron chi connectivity index (χ4n) is 3.41. The molecule has 0 radical (unpaired) electrons. The van der Waals surface area contributed by atoms with E-state index in [1.165, 1.54) is 12.0 Å². The first kappa shape index (κ1) is 15.3. The molecule has 1 N–H and O–H groups in total. The first-order valence-corrected chi connectivity index (χ1v) is 8.12. The molecule has 1 saturated carbocycles. The number of ether oxygens (including phenoxy) is 1. The molecule has 1 spiro atoms. The molecule has 4 heteroatoms. The van der Waals surface area contributed by atoms with Gasteiger partial charge in [-0.3, -0.25) is 4.90 Å². The van der Waals surface area contributed by atoms with Crippen LogP contribution >= 0.6 is 0 Å². The molecule has 1 aliphatic heterocycles. The summed E-state index contributed by atoms with van der Waals surface area (Å²) >= 11 is 0. The first-order valence-electron chi connectivity index (χ1n) is 8.12. The highest BCUT2D eigenvalue weighted by Gasteiger charge is 2.58. The van der Waals surface area contributed by atoms with Gasteiger partial charge in [-0.05, 0) is 45.7 Å². The van der Waals surface area contributed by atoms with Crippen LogP contribution in [-0.2, 0) is 11.3 Å². The lowest BCUT2D eigenvalue weighted by Crippen LogP contribution is -2.36. The minimum atomic E-state index is -0.429. The summed E-state index contributed by atoms with van der Waals surface area (Å²) in [6.45, 7) is 8.87. The van der Waals surface area contributed by atoms with Crippen LogP contribution in [0.3, 0.4) is 0 Å². The molecule has 3 rings (SSSR count). The third-order valence-electron chi connectivity index (χ3n) is 4.59. The number of nitrogens with zero attached hydrogens (tertiary/aromatic N) is 1. The quantitative estimate of drug-likeness (QED) is 0.932. The second-order valence-corrected chi connectivity index (χ2v) is 7.71. The largest absolute Gasteiger partial charge is 0.444 e. The van der Waals surface area contributed by atoms with Crippen molar-refractivity contribution in [2.24, 2.45) is 5.41 Å². The van der Waals surface area contributed by atoms with Gasteiger partial charge < -0.3 is 10.1 Å². The summed E-state index contributed by atoms with van der Waals surface area (Å²) in [6, 6.07) is 10.9. The molecular weight excluding hydrogens is 276 g/mol. The number of benzene rings is 1. The van der Waals surface area contributed by atoms with Gasteiger partial charge in [0.1, 0.15) is 5.60 Å². The fourth-order valence-corrected chi connectivity index (χ4v) is 3.41. The molecule has 1 aromatic carbocycles. The monoisotopic (exact) mass is 302 g/mol. The van der Waals surface area contributed by atoms with Crippen molar-refractivity contribution < 1.29 is 9.53 Å². The first-order chi connectivity index (χ1) is 10.4. The Morgan fingerprint density at radius 1 is 1.36 bits per heavy atom. The molecule has 2 aliphatic rings. The average Bonchev–Trinajstić information content (AvgIpc) is 2.89. The van der Waals surface area contributed by atoms with Crippen LogP contribution in [0.15, 0.2) is 30.3 Å². The van der Waals surface area contributed by atoms with Gasteiger partial charge in [-0.2, -0.15) is 0 Å². The maximum absolute atomic E-state index is 11.9. The van der Waals surface area contributed by atoms with Crippen molar-refractivity contribution in [3.05, 3.63) is 35.9 Å². The lowest BCUT2D eigenvalue weighted by atomic mass is 10.1. The Morgan fingerprint density at radius 2 is 2.09 bits per heavy atom. The van der Waals surface area contributed by atoms with Crippen molar-refractivity contribution in [1.82, 2.24) is 10.2 Å². The number of carbonyl (C=O) groups excluding carboxylic acids is 1. The zero-order chi connectivity index (χ0) is 15.8. The molecule has 2 unspecified atom stereocenters. The highest BCUT2D eigenvalue weighted by Crippen LogP contribution is 2.53. The summed E-state index contributed by atoms with van der Waals surface area (Å²) in [5.74, 6) is 0. The fraction of sp³-hybridized carbons (Fsp3) is 0.611. The maximum Gasteiger partial charge on any atom is 0.407 e. The lowest BCUT2D eigenvalue weighted by Gasteiger charge is -2.20. The third kappa shape index (κ3) is 3.61. The van der Waals surface area contributed by atoms with Gasteiger partial charge in [0.15, 0.2) is 0 Å². The Kier molecular flexibility index (Phi) is 3.89. The number of amides is 1. The lowest BCUT2D eigenvalue weighted by molar-refractivity contribution is 0.0516. The molecule has 2 fully saturated rings. The van der Waals surface area contributed by atoms with Gasteiger partial charge in [-0.15, -0.1) is 0 Å². The number of nitrogens with one attached hydrogen (secondary N) is 1. The Labute approximate surface area is 132 Å². The van der Waals surface area contributed by atoms with Gasteiger partial charge in [0.05, 0.1) is 0 Å². The standard InChI is InChI=1S/C18H26N2O2/c1-17(2,3)22-16(21)19-15-11-18(15)9-10-20(13-18)12-14-7-5-4-6-8-14/h4-8,15H,9-13H2,1-3H3,(H,19,21). The van der Waals surface area contributed by atoms with Crippen molar-refractivity contribution in [2.45, 2.75) is 51.8 Å². The van der Waals surface area contributed by atoms with E-state index in [1.54, 1.807) is 0 Å². The summed E-state index contributed by atoms with van der Waals surface area (Å²) in [6.07, 6.45) is 1.97. The van der Waals surface area contributed by atoms with E-state index in [-0.39, 0.29) is 17.6 Å². The number of carbonyl (C=O) groups is 1. The van der Waals surface area contributed by atoms with Crippen molar-refractivity contribution >= 4 is 6.09 Å². The summed E-state index contributed by atoms with van der Waals surface area (Å²) < 4.78 is 5.35. The summed E-state index contributed by atoms with van der Waals surface area (Å²) in [4.78, 5) is 14.4. The van der Waals surface area contributed by atoms with Crippen LogP contribution in [0.25, 0.3) is 0 Å². The Morgan fingerprint density at radius 3 is 2.77 bits per heavy atom. The van der Waals surface area contributed by atoms with Crippen LogP contribution in [0, 0.1) is 5.41 Å². The number of rotatable bonds is 3. The molecule has 1 amide bonds. The number of likely N-dealkylation sites (tertiary alicyclic amines) is 1. The molecule has 120 valence electrons. The van der Waals surface area contributed by atoms with Gasteiger partial charge in [0.25, 0.3) is 0 Å². The zero-order valence-electron chi connectivity index (χ0n) is 13.8. The predicted octanol–water partition coefficient (Wildman–Crippen LogP) is 3.18. The van der Waals surface area contributed by atoms with E-state index in [4.69, 9.17) is 4.74 Å². The van der Waals surface area contributed by atoms with E-state index in [0.717, 1.165) is 26.1 Å². The summed E-state index contributed by atoms with van der Waals surface area (Å²) in [5, 5.41) is 3.04. The second kappa shape index (κ2) is 5.58. The predicted molar refractivity (Wildman–Crippen MR) is 86.5 cm³/mol. The molecule has 4 nitrogen and oxygen atoms in total. The van der Waals surface area contributed by atoms with Crippen LogP contribution < -0.4 is 5.32 Å². The zero-order valence-corrected chi connectivity index (χ0v) is 13.8. The van der Waals surface area contributed by atoms with Gasteiger partial charge in [0.2, 0.25) is 0 Å². The summed E-state index contributed by atoms with van der Waals surface area (Å²) in [7, 11) is 0. The van der Waals surface area contributed by atoms with Crippen LogP contribution in [-0.4, -0.2) is 35.7 Å². The van der Waals surface area contributed by atoms with Gasteiger partial charge in [-0.1, -0.05) is 30.3 Å². The van der Waals surface area contributed by atoms with E-state index in [1.807, 2.05) is 20.8 Å². The van der Waals surface area contributed by atoms with Crippen molar-refractivity contribution in [3.63, 3.8) is 0 Å². The molecule has 2 atom stereocenters. The normalized spacial score (nSPS) is 27.9.